The quantitative estimate of drug-likeness (QED) is 0.411. The van der Waals surface area contributed by atoms with Gasteiger partial charge in [-0.2, -0.15) is 22.5 Å². The van der Waals surface area contributed by atoms with Gasteiger partial charge in [0.2, 0.25) is 11.0 Å². The number of alkyl halides is 3. The van der Waals surface area contributed by atoms with E-state index in [2.05, 4.69) is 14.7 Å². The maximum absolute atomic E-state index is 12.9. The summed E-state index contributed by atoms with van der Waals surface area (Å²) in [5.74, 6) is -0.0634. The number of nitrogens with zero attached hydrogens (tertiary/aromatic N) is 4. The van der Waals surface area contributed by atoms with Gasteiger partial charge in [0, 0.05) is 42.2 Å². The van der Waals surface area contributed by atoms with Gasteiger partial charge in [-0.05, 0) is 25.0 Å². The lowest BCUT2D eigenvalue weighted by Crippen LogP contribution is -2.38. The molecule has 1 saturated heterocycles. The number of rotatable bonds is 5. The maximum Gasteiger partial charge on any atom is 0.416 e. The van der Waals surface area contributed by atoms with Gasteiger partial charge in [0.15, 0.2) is 5.82 Å². The van der Waals surface area contributed by atoms with E-state index in [1.54, 1.807) is 4.90 Å². The molecule has 1 N–H and O–H groups in total. The molecule has 0 spiro atoms. The lowest BCUT2D eigenvalue weighted by atomic mass is 9.95. The van der Waals surface area contributed by atoms with E-state index in [1.807, 2.05) is 30.3 Å². The van der Waals surface area contributed by atoms with Crippen LogP contribution in [0.4, 0.5) is 29.7 Å². The Labute approximate surface area is 190 Å². The van der Waals surface area contributed by atoms with Gasteiger partial charge in [-0.3, -0.25) is 14.9 Å². The van der Waals surface area contributed by atoms with Crippen LogP contribution in [0.1, 0.15) is 18.4 Å². The monoisotopic (exact) mass is 477 g/mol. The van der Waals surface area contributed by atoms with Gasteiger partial charge in [0.05, 0.1) is 10.5 Å². The Morgan fingerprint density at radius 2 is 1.85 bits per heavy atom. The molecule has 8 nitrogen and oxygen atoms in total. The molecule has 33 heavy (non-hydrogen) atoms. The zero-order valence-electron chi connectivity index (χ0n) is 17.1. The Kier molecular flexibility index (Phi) is 6.27. The number of piperidine rings is 1. The van der Waals surface area contributed by atoms with Crippen molar-refractivity contribution in [3.8, 4) is 11.4 Å². The van der Waals surface area contributed by atoms with Crippen LogP contribution in [0.5, 0.6) is 0 Å². The first-order chi connectivity index (χ1) is 15.7. The van der Waals surface area contributed by atoms with Crippen LogP contribution >= 0.6 is 11.5 Å². The van der Waals surface area contributed by atoms with Gasteiger partial charge in [0.25, 0.3) is 5.69 Å². The third kappa shape index (κ3) is 5.11. The first-order valence-corrected chi connectivity index (χ1v) is 10.8. The number of benzene rings is 2. The van der Waals surface area contributed by atoms with Gasteiger partial charge in [0.1, 0.15) is 5.69 Å². The van der Waals surface area contributed by atoms with Crippen LogP contribution in [0.15, 0.2) is 48.5 Å². The second-order valence-electron chi connectivity index (χ2n) is 7.50. The van der Waals surface area contributed by atoms with Crippen molar-refractivity contribution in [3.63, 3.8) is 0 Å². The molecule has 0 unspecified atom stereocenters. The minimum Gasteiger partial charge on any atom is -0.366 e. The average molecular weight is 477 g/mol. The predicted octanol–water partition coefficient (Wildman–Crippen LogP) is 4.99. The Balaban J connectivity index is 1.39. The van der Waals surface area contributed by atoms with Gasteiger partial charge >= 0.3 is 6.18 Å². The molecule has 0 atom stereocenters. The number of amides is 1. The molecule has 0 bridgehead atoms. The molecule has 2 heterocycles. The molecule has 2 aromatic carbocycles. The largest absolute Gasteiger partial charge is 0.416 e. The summed E-state index contributed by atoms with van der Waals surface area (Å²) in [6.07, 6.45) is -3.87. The smallest absolute Gasteiger partial charge is 0.366 e. The molecule has 0 saturated carbocycles. The van der Waals surface area contributed by atoms with Gasteiger partial charge in [-0.25, -0.2) is 0 Å². The Hall–Kier alpha value is -3.54. The second-order valence-corrected chi connectivity index (χ2v) is 8.25. The summed E-state index contributed by atoms with van der Waals surface area (Å²) in [4.78, 5) is 29.2. The van der Waals surface area contributed by atoms with Crippen LogP contribution in [-0.4, -0.2) is 33.3 Å². The fourth-order valence-electron chi connectivity index (χ4n) is 3.68. The summed E-state index contributed by atoms with van der Waals surface area (Å²) in [6.45, 7) is 0.603. The molecule has 3 aromatic rings. The number of hydrogen-bond donors (Lipinski definition) is 1. The van der Waals surface area contributed by atoms with Gasteiger partial charge in [-0.15, -0.1) is 0 Å². The maximum atomic E-state index is 12.9. The number of anilines is 2. The van der Waals surface area contributed by atoms with Crippen molar-refractivity contribution < 1.29 is 22.9 Å². The highest BCUT2D eigenvalue weighted by molar-refractivity contribution is 7.10. The molecular weight excluding hydrogens is 459 g/mol. The average Bonchev–Trinajstić information content (AvgIpc) is 3.27. The molecular formula is C21H18F3N5O3S. The summed E-state index contributed by atoms with van der Waals surface area (Å²) < 4.78 is 43.0. The highest BCUT2D eigenvalue weighted by atomic mass is 32.1. The summed E-state index contributed by atoms with van der Waals surface area (Å²) in [5, 5.41) is 14.5. The Morgan fingerprint density at radius 3 is 2.48 bits per heavy atom. The minimum absolute atomic E-state index is 0.114. The molecule has 0 aliphatic carbocycles. The molecule has 0 radical (unpaired) electrons. The van der Waals surface area contributed by atoms with Gasteiger partial charge in [-0.1, -0.05) is 30.3 Å². The minimum atomic E-state index is -4.67. The zero-order valence-corrected chi connectivity index (χ0v) is 17.9. The number of carbonyl (C=O) groups is 1. The number of nitro benzene ring substituents is 1. The van der Waals surface area contributed by atoms with Crippen molar-refractivity contribution in [1.82, 2.24) is 9.36 Å². The fraction of sp³-hybridized carbons (Fsp3) is 0.286. The number of halogens is 3. The van der Waals surface area contributed by atoms with Crippen LogP contribution < -0.4 is 10.2 Å². The van der Waals surface area contributed by atoms with Crippen LogP contribution in [0.3, 0.4) is 0 Å². The summed E-state index contributed by atoms with van der Waals surface area (Å²) >= 11 is 1.07. The Bertz CT molecular complexity index is 1160. The van der Waals surface area contributed by atoms with E-state index < -0.39 is 22.4 Å². The predicted molar refractivity (Wildman–Crippen MR) is 117 cm³/mol. The summed E-state index contributed by atoms with van der Waals surface area (Å²) in [7, 11) is 0. The van der Waals surface area contributed by atoms with Crippen molar-refractivity contribution in [3.05, 3.63) is 64.2 Å². The van der Waals surface area contributed by atoms with Crippen LogP contribution in [-0.2, 0) is 11.0 Å². The molecule has 12 heteroatoms. The van der Waals surface area contributed by atoms with Crippen molar-refractivity contribution in [1.29, 1.82) is 0 Å². The van der Waals surface area contributed by atoms with E-state index in [-0.39, 0.29) is 17.5 Å². The highest BCUT2D eigenvalue weighted by Gasteiger charge is 2.35. The van der Waals surface area contributed by atoms with Crippen molar-refractivity contribution >= 4 is 33.9 Å². The van der Waals surface area contributed by atoms with E-state index in [0.29, 0.717) is 43.0 Å². The lowest BCUT2D eigenvalue weighted by Gasteiger charge is -2.32. The van der Waals surface area contributed by atoms with Gasteiger partial charge < -0.3 is 10.2 Å². The van der Waals surface area contributed by atoms with Crippen LogP contribution in [0, 0.1) is 16.0 Å². The standard InChI is InChI=1S/C21H18F3N5O3S/c22-21(23,24)15-6-7-16(17(12-15)29(31)32)28-10-8-14(9-11-28)19(30)26-20-25-18(27-33-20)13-4-2-1-3-5-13/h1-7,12,14H,8-11H2,(H,25,26,27,30). The first-order valence-electron chi connectivity index (χ1n) is 10.0. The second kappa shape index (κ2) is 9.14. The van der Waals surface area contributed by atoms with E-state index in [0.717, 1.165) is 29.2 Å². The number of nitrogens with one attached hydrogen (secondary N) is 1. The highest BCUT2D eigenvalue weighted by Crippen LogP contribution is 2.37. The summed E-state index contributed by atoms with van der Waals surface area (Å²) in [5.41, 5.74) is -0.724. The molecule has 1 fully saturated rings. The number of nitro groups is 1. The zero-order chi connectivity index (χ0) is 23.6. The molecule has 1 aromatic heterocycles. The van der Waals surface area contributed by atoms with Crippen molar-refractivity contribution in [2.75, 3.05) is 23.3 Å². The topological polar surface area (TPSA) is 101 Å². The van der Waals surface area contributed by atoms with Crippen molar-refractivity contribution in [2.45, 2.75) is 19.0 Å². The molecule has 1 amide bonds. The lowest BCUT2D eigenvalue weighted by molar-refractivity contribution is -0.384. The number of hydrogen-bond acceptors (Lipinski definition) is 7. The number of carbonyl (C=O) groups excluding carboxylic acids is 1. The van der Waals surface area contributed by atoms with E-state index in [1.165, 1.54) is 0 Å². The SMILES string of the molecule is O=C(Nc1nc(-c2ccccc2)ns1)C1CCN(c2ccc(C(F)(F)F)cc2[N+](=O)[O-])CC1. The van der Waals surface area contributed by atoms with Crippen LogP contribution in [0.25, 0.3) is 11.4 Å². The normalized spacial score (nSPS) is 14.8. The van der Waals surface area contributed by atoms with E-state index in [9.17, 15) is 28.1 Å². The molecule has 4 rings (SSSR count). The molecule has 172 valence electrons. The summed E-state index contributed by atoms with van der Waals surface area (Å²) in [6, 6.07) is 11.8. The van der Waals surface area contributed by atoms with Crippen molar-refractivity contribution in [2.24, 2.45) is 5.92 Å². The molecule has 1 aliphatic rings. The van der Waals surface area contributed by atoms with E-state index in [4.69, 9.17) is 0 Å². The molecule has 1 aliphatic heterocycles. The Morgan fingerprint density at radius 1 is 1.15 bits per heavy atom. The van der Waals surface area contributed by atoms with Crippen LogP contribution in [0.2, 0.25) is 0 Å². The first kappa shape index (κ1) is 22.6. The van der Waals surface area contributed by atoms with E-state index >= 15 is 0 Å². The fourth-order valence-corrected chi connectivity index (χ4v) is 4.27. The number of aromatic nitrogens is 2. The third-order valence-electron chi connectivity index (χ3n) is 5.39. The third-order valence-corrected chi connectivity index (χ3v) is 6.02.